The average molecular weight is 309 g/mol. The number of nitrogens with one attached hydrogen (secondary N) is 2. The van der Waals surface area contributed by atoms with Gasteiger partial charge in [-0.1, -0.05) is 15.9 Å². The van der Waals surface area contributed by atoms with E-state index in [-0.39, 0.29) is 0 Å². The van der Waals surface area contributed by atoms with Crippen molar-refractivity contribution in [2.24, 2.45) is 0 Å². The van der Waals surface area contributed by atoms with Crippen LogP contribution in [0.3, 0.4) is 0 Å². The lowest BCUT2D eigenvalue weighted by molar-refractivity contribution is 0.388. The van der Waals surface area contributed by atoms with E-state index in [1.165, 1.54) is 0 Å². The summed E-state index contributed by atoms with van der Waals surface area (Å²) < 4.78 is 6.17. The van der Waals surface area contributed by atoms with Gasteiger partial charge in [-0.3, -0.25) is 10.7 Å². The van der Waals surface area contributed by atoms with Crippen LogP contribution >= 0.6 is 15.9 Å². The average Bonchev–Trinajstić information content (AvgIpc) is 2.41. The second-order valence-corrected chi connectivity index (χ2v) is 4.57. The first-order chi connectivity index (χ1) is 8.72. The van der Waals surface area contributed by atoms with Crippen molar-refractivity contribution in [2.45, 2.75) is 0 Å². The number of halogens is 1. The summed E-state index contributed by atoms with van der Waals surface area (Å²) in [5.41, 5.74) is 4.39. The Morgan fingerprint density at radius 3 is 2.39 bits per heavy atom. The van der Waals surface area contributed by atoms with Gasteiger partial charge < -0.3 is 10.1 Å². The predicted octanol–water partition coefficient (Wildman–Crippen LogP) is 4.00. The topological polar surface area (TPSA) is 53.5 Å². The third-order valence-corrected chi connectivity index (χ3v) is 3.00. The van der Waals surface area contributed by atoms with Crippen LogP contribution in [-0.4, -0.2) is 12.3 Å². The van der Waals surface area contributed by atoms with Gasteiger partial charge >= 0.3 is 0 Å². The van der Waals surface area contributed by atoms with E-state index in [2.05, 4.69) is 26.7 Å². The molecule has 0 spiro atoms. The molecule has 0 heterocycles. The summed E-state index contributed by atoms with van der Waals surface area (Å²) in [5.74, 6) is 0.716. The first-order valence-corrected chi connectivity index (χ1v) is 6.13. The Hall–Kier alpha value is -1.72. The van der Waals surface area contributed by atoms with E-state index in [0.29, 0.717) is 11.4 Å². The van der Waals surface area contributed by atoms with Gasteiger partial charge in [0, 0.05) is 16.2 Å². The SMILES string of the molecule is COc1ccc(NO)c(Nc2ccc(Br)cc2)c1. The molecule has 2 aromatic rings. The lowest BCUT2D eigenvalue weighted by Crippen LogP contribution is -1.98. The van der Waals surface area contributed by atoms with Gasteiger partial charge in [-0.25, -0.2) is 0 Å². The Morgan fingerprint density at radius 1 is 1.06 bits per heavy atom. The molecular formula is C13H13BrN2O2. The van der Waals surface area contributed by atoms with E-state index >= 15 is 0 Å². The number of anilines is 3. The summed E-state index contributed by atoms with van der Waals surface area (Å²) in [6.45, 7) is 0. The third-order valence-electron chi connectivity index (χ3n) is 2.47. The molecule has 4 nitrogen and oxygen atoms in total. The van der Waals surface area contributed by atoms with E-state index in [9.17, 15) is 0 Å². The lowest BCUT2D eigenvalue weighted by Gasteiger charge is -2.12. The van der Waals surface area contributed by atoms with Crippen molar-refractivity contribution < 1.29 is 9.94 Å². The van der Waals surface area contributed by atoms with E-state index in [0.717, 1.165) is 15.8 Å². The first kappa shape index (κ1) is 12.7. The zero-order chi connectivity index (χ0) is 13.0. The van der Waals surface area contributed by atoms with Crippen molar-refractivity contribution in [2.75, 3.05) is 17.9 Å². The molecule has 0 unspecified atom stereocenters. The van der Waals surface area contributed by atoms with Gasteiger partial charge in [-0.2, -0.15) is 0 Å². The predicted molar refractivity (Wildman–Crippen MR) is 75.8 cm³/mol. The molecule has 0 bridgehead atoms. The van der Waals surface area contributed by atoms with Crippen molar-refractivity contribution in [3.63, 3.8) is 0 Å². The monoisotopic (exact) mass is 308 g/mol. The van der Waals surface area contributed by atoms with E-state index in [1.807, 2.05) is 24.3 Å². The van der Waals surface area contributed by atoms with Gasteiger partial charge in [0.25, 0.3) is 0 Å². The standard InChI is InChI=1S/C13H13BrN2O2/c1-18-11-6-7-12(16-17)13(8-11)15-10-4-2-9(14)3-5-10/h2-8,15-17H,1H3. The fraction of sp³-hybridized carbons (Fsp3) is 0.0769. The van der Waals surface area contributed by atoms with Crippen LogP contribution in [0.5, 0.6) is 5.75 Å². The molecule has 0 aliphatic rings. The summed E-state index contributed by atoms with van der Waals surface area (Å²) in [6.07, 6.45) is 0. The summed E-state index contributed by atoms with van der Waals surface area (Å²) in [7, 11) is 1.60. The second kappa shape index (κ2) is 5.75. The Balaban J connectivity index is 2.29. The highest BCUT2D eigenvalue weighted by atomic mass is 79.9. The Labute approximate surface area is 114 Å². The molecular weight excluding hydrogens is 296 g/mol. The summed E-state index contributed by atoms with van der Waals surface area (Å²) >= 11 is 3.38. The molecule has 18 heavy (non-hydrogen) atoms. The first-order valence-electron chi connectivity index (χ1n) is 5.33. The van der Waals surface area contributed by atoms with Gasteiger partial charge in [0.2, 0.25) is 0 Å². The van der Waals surface area contributed by atoms with Crippen molar-refractivity contribution in [1.82, 2.24) is 0 Å². The fourth-order valence-electron chi connectivity index (χ4n) is 1.54. The normalized spacial score (nSPS) is 9.94. The van der Waals surface area contributed by atoms with Crippen LogP contribution in [0.25, 0.3) is 0 Å². The zero-order valence-electron chi connectivity index (χ0n) is 9.77. The largest absolute Gasteiger partial charge is 0.497 e. The van der Waals surface area contributed by atoms with Crippen LogP contribution in [0, 0.1) is 0 Å². The van der Waals surface area contributed by atoms with Crippen LogP contribution < -0.4 is 15.5 Å². The van der Waals surface area contributed by atoms with E-state index < -0.39 is 0 Å². The van der Waals surface area contributed by atoms with E-state index in [4.69, 9.17) is 9.94 Å². The maximum absolute atomic E-state index is 9.07. The van der Waals surface area contributed by atoms with Crippen LogP contribution in [0.1, 0.15) is 0 Å². The highest BCUT2D eigenvalue weighted by molar-refractivity contribution is 9.10. The Bertz CT molecular complexity index is 529. The van der Waals surface area contributed by atoms with Crippen LogP contribution in [0.4, 0.5) is 17.1 Å². The molecule has 2 rings (SSSR count). The highest BCUT2D eigenvalue weighted by Crippen LogP contribution is 2.29. The van der Waals surface area contributed by atoms with Crippen molar-refractivity contribution >= 4 is 33.0 Å². The lowest BCUT2D eigenvalue weighted by atomic mass is 10.2. The molecule has 94 valence electrons. The number of hydrogen-bond acceptors (Lipinski definition) is 4. The minimum atomic E-state index is 0.582. The second-order valence-electron chi connectivity index (χ2n) is 3.66. The fourth-order valence-corrected chi connectivity index (χ4v) is 1.80. The molecule has 0 fully saturated rings. The van der Waals surface area contributed by atoms with Crippen molar-refractivity contribution in [1.29, 1.82) is 0 Å². The minimum Gasteiger partial charge on any atom is -0.497 e. The van der Waals surface area contributed by atoms with Crippen LogP contribution in [0.2, 0.25) is 0 Å². The number of hydrogen-bond donors (Lipinski definition) is 3. The summed E-state index contributed by atoms with van der Waals surface area (Å²) in [6, 6.07) is 13.1. The number of methoxy groups -OCH3 is 1. The smallest absolute Gasteiger partial charge is 0.121 e. The molecule has 0 aromatic heterocycles. The molecule has 0 aliphatic heterocycles. The molecule has 0 atom stereocenters. The molecule has 0 amide bonds. The maximum Gasteiger partial charge on any atom is 0.121 e. The summed E-state index contributed by atoms with van der Waals surface area (Å²) in [4.78, 5) is 0. The van der Waals surface area contributed by atoms with Crippen LogP contribution in [0.15, 0.2) is 46.9 Å². The van der Waals surface area contributed by atoms with Gasteiger partial charge in [0.1, 0.15) is 5.75 Å². The Morgan fingerprint density at radius 2 is 1.78 bits per heavy atom. The minimum absolute atomic E-state index is 0.582. The Kier molecular flexibility index (Phi) is 4.07. The quantitative estimate of drug-likeness (QED) is 0.747. The molecule has 2 aromatic carbocycles. The third kappa shape index (κ3) is 2.94. The van der Waals surface area contributed by atoms with Crippen molar-refractivity contribution in [3.05, 3.63) is 46.9 Å². The van der Waals surface area contributed by atoms with Crippen LogP contribution in [-0.2, 0) is 0 Å². The zero-order valence-corrected chi connectivity index (χ0v) is 11.4. The van der Waals surface area contributed by atoms with Gasteiger partial charge in [0.05, 0.1) is 18.5 Å². The van der Waals surface area contributed by atoms with Crippen molar-refractivity contribution in [3.8, 4) is 5.75 Å². The van der Waals surface area contributed by atoms with Gasteiger partial charge in [-0.05, 0) is 36.4 Å². The number of rotatable bonds is 4. The molecule has 0 saturated heterocycles. The molecule has 5 heteroatoms. The molecule has 0 radical (unpaired) electrons. The number of ether oxygens (including phenoxy) is 1. The van der Waals surface area contributed by atoms with Gasteiger partial charge in [-0.15, -0.1) is 0 Å². The summed E-state index contributed by atoms with van der Waals surface area (Å²) in [5, 5.41) is 12.3. The molecule has 3 N–H and O–H groups in total. The highest BCUT2D eigenvalue weighted by Gasteiger charge is 2.04. The maximum atomic E-state index is 9.07. The van der Waals surface area contributed by atoms with E-state index in [1.54, 1.807) is 25.3 Å². The number of benzene rings is 2. The molecule has 0 saturated carbocycles. The van der Waals surface area contributed by atoms with Gasteiger partial charge in [0.15, 0.2) is 0 Å². The molecule has 0 aliphatic carbocycles.